The van der Waals surface area contributed by atoms with Crippen molar-refractivity contribution in [3.05, 3.63) is 102 Å². The second-order valence-corrected chi connectivity index (χ2v) is 9.55. The van der Waals surface area contributed by atoms with Crippen LogP contribution in [-0.4, -0.2) is 22.0 Å². The van der Waals surface area contributed by atoms with Crippen LogP contribution in [0.15, 0.2) is 79.0 Å². The van der Waals surface area contributed by atoms with E-state index in [0.29, 0.717) is 17.1 Å². The molecule has 0 radical (unpaired) electrons. The smallest absolute Gasteiger partial charge is 0.273 e. The SMILES string of the molecule is COc1ccccc1NC(=O)c1c(-c2ccc(F)cc2)c2c3n(c(-c4ccc(C)cc4)cn13)CCCC2. The Balaban J connectivity index is 1.60. The van der Waals surface area contributed by atoms with Crippen molar-refractivity contribution in [3.8, 4) is 28.1 Å². The molecule has 0 saturated carbocycles. The van der Waals surface area contributed by atoms with Gasteiger partial charge in [-0.2, -0.15) is 0 Å². The van der Waals surface area contributed by atoms with Crippen LogP contribution in [0.1, 0.15) is 34.5 Å². The van der Waals surface area contributed by atoms with Crippen LogP contribution in [-0.2, 0) is 13.0 Å². The van der Waals surface area contributed by atoms with Gasteiger partial charge in [0.15, 0.2) is 0 Å². The highest BCUT2D eigenvalue weighted by Crippen LogP contribution is 2.40. The Morgan fingerprint density at radius 1 is 0.946 bits per heavy atom. The van der Waals surface area contributed by atoms with E-state index in [1.54, 1.807) is 19.2 Å². The van der Waals surface area contributed by atoms with Gasteiger partial charge in [0.25, 0.3) is 5.91 Å². The van der Waals surface area contributed by atoms with Crippen molar-refractivity contribution in [2.45, 2.75) is 32.7 Å². The fourth-order valence-corrected chi connectivity index (χ4v) is 5.42. The number of aryl methyl sites for hydroxylation is 3. The van der Waals surface area contributed by atoms with Crippen LogP contribution in [0.5, 0.6) is 5.75 Å². The minimum Gasteiger partial charge on any atom is -0.495 e. The number of imidazole rings is 1. The maximum atomic E-state index is 14.0. The lowest BCUT2D eigenvalue weighted by molar-refractivity contribution is 0.102. The number of aromatic nitrogens is 2. The maximum Gasteiger partial charge on any atom is 0.273 e. The zero-order chi connectivity index (χ0) is 25.5. The molecule has 1 amide bonds. The number of para-hydroxylation sites is 2. The van der Waals surface area contributed by atoms with Gasteiger partial charge in [0.05, 0.1) is 18.5 Å². The first-order valence-corrected chi connectivity index (χ1v) is 12.6. The topological polar surface area (TPSA) is 47.7 Å². The molecule has 0 bridgehead atoms. The molecule has 0 unspecified atom stereocenters. The summed E-state index contributed by atoms with van der Waals surface area (Å²) in [5.74, 6) is 0.0501. The summed E-state index contributed by atoms with van der Waals surface area (Å²) in [6.07, 6.45) is 4.97. The van der Waals surface area contributed by atoms with Gasteiger partial charge >= 0.3 is 0 Å². The first-order valence-electron chi connectivity index (χ1n) is 12.6. The van der Waals surface area contributed by atoms with E-state index in [2.05, 4.69) is 47.3 Å². The van der Waals surface area contributed by atoms with Gasteiger partial charge in [-0.1, -0.05) is 54.1 Å². The molecule has 37 heavy (non-hydrogen) atoms. The fraction of sp³-hybridized carbons (Fsp3) is 0.194. The Bertz CT molecular complexity index is 1610. The third kappa shape index (κ3) is 3.99. The van der Waals surface area contributed by atoms with Crippen molar-refractivity contribution in [3.63, 3.8) is 0 Å². The molecule has 6 rings (SSSR count). The van der Waals surface area contributed by atoms with Gasteiger partial charge < -0.3 is 14.6 Å². The number of nitrogens with one attached hydrogen (secondary N) is 1. The Morgan fingerprint density at radius 3 is 2.43 bits per heavy atom. The highest BCUT2D eigenvalue weighted by molar-refractivity contribution is 6.10. The average Bonchev–Trinajstić information content (AvgIpc) is 3.33. The number of ether oxygens (including phenoxy) is 1. The number of benzene rings is 3. The zero-order valence-corrected chi connectivity index (χ0v) is 20.9. The lowest BCUT2D eigenvalue weighted by Crippen LogP contribution is -2.16. The Kier molecular flexibility index (Phi) is 5.80. The Hall–Kier alpha value is -4.32. The van der Waals surface area contributed by atoms with Crippen molar-refractivity contribution in [2.75, 3.05) is 12.4 Å². The van der Waals surface area contributed by atoms with Gasteiger partial charge in [-0.25, -0.2) is 4.39 Å². The van der Waals surface area contributed by atoms with E-state index >= 15 is 0 Å². The molecule has 5 aromatic rings. The minimum atomic E-state index is -0.301. The van der Waals surface area contributed by atoms with E-state index in [4.69, 9.17) is 4.74 Å². The number of amides is 1. The number of carbonyl (C=O) groups is 1. The molecule has 0 atom stereocenters. The summed E-state index contributed by atoms with van der Waals surface area (Å²) in [5.41, 5.74) is 8.36. The van der Waals surface area contributed by atoms with Crippen molar-refractivity contribution in [1.82, 2.24) is 8.97 Å². The van der Waals surface area contributed by atoms with E-state index in [9.17, 15) is 9.18 Å². The Labute approximate surface area is 215 Å². The number of nitrogens with zero attached hydrogens (tertiary/aromatic N) is 2. The molecular formula is C31H28FN3O2. The number of rotatable bonds is 5. The molecule has 3 heterocycles. The number of hydrogen-bond acceptors (Lipinski definition) is 2. The van der Waals surface area contributed by atoms with E-state index < -0.39 is 0 Å². The van der Waals surface area contributed by atoms with E-state index in [1.165, 1.54) is 17.7 Å². The molecule has 0 aliphatic carbocycles. The van der Waals surface area contributed by atoms with Gasteiger partial charge in [0.2, 0.25) is 0 Å². The molecule has 2 aromatic heterocycles. The number of carbonyl (C=O) groups excluding carboxylic acids is 1. The normalized spacial score (nSPS) is 12.9. The van der Waals surface area contributed by atoms with Gasteiger partial charge in [-0.05, 0) is 61.6 Å². The molecule has 186 valence electrons. The molecule has 6 heteroatoms. The highest BCUT2D eigenvalue weighted by Gasteiger charge is 2.30. The molecule has 1 aliphatic rings. The van der Waals surface area contributed by atoms with Gasteiger partial charge in [0.1, 0.15) is 22.9 Å². The van der Waals surface area contributed by atoms with Crippen LogP contribution in [0.2, 0.25) is 0 Å². The molecule has 0 fully saturated rings. The molecule has 3 aromatic carbocycles. The Morgan fingerprint density at radius 2 is 1.68 bits per heavy atom. The summed E-state index contributed by atoms with van der Waals surface area (Å²) in [6, 6.07) is 22.3. The number of methoxy groups -OCH3 is 1. The molecule has 0 spiro atoms. The van der Waals surface area contributed by atoms with Gasteiger partial charge in [0, 0.05) is 23.9 Å². The second kappa shape index (κ2) is 9.28. The quantitative estimate of drug-likeness (QED) is 0.283. The predicted octanol–water partition coefficient (Wildman–Crippen LogP) is 7.12. The standard InChI is InChI=1S/C31H28FN3O2/c1-20-10-12-21(13-11-20)26-19-35-29(30(36)33-25-8-3-4-9-27(25)37-2)28(22-14-16-23(32)17-15-22)24-7-5-6-18-34(26)31(24)35/h3-4,8-17,19H,5-7,18H2,1-2H3,(H,33,36). The molecule has 1 aliphatic heterocycles. The molecule has 0 saturated heterocycles. The van der Waals surface area contributed by atoms with Crippen LogP contribution < -0.4 is 10.1 Å². The number of anilines is 1. The van der Waals surface area contributed by atoms with Crippen LogP contribution in [0.25, 0.3) is 28.0 Å². The summed E-state index contributed by atoms with van der Waals surface area (Å²) < 4.78 is 23.7. The fourth-order valence-electron chi connectivity index (χ4n) is 5.42. The monoisotopic (exact) mass is 493 g/mol. The predicted molar refractivity (Wildman–Crippen MR) is 145 cm³/mol. The largest absolute Gasteiger partial charge is 0.495 e. The summed E-state index contributed by atoms with van der Waals surface area (Å²) in [4.78, 5) is 14.0. The first kappa shape index (κ1) is 23.1. The van der Waals surface area contributed by atoms with Crippen molar-refractivity contribution >= 4 is 17.2 Å². The van der Waals surface area contributed by atoms with Crippen molar-refractivity contribution in [2.24, 2.45) is 0 Å². The maximum absolute atomic E-state index is 14.0. The number of hydrogen-bond donors (Lipinski definition) is 1. The number of halogens is 1. The van der Waals surface area contributed by atoms with E-state index in [-0.39, 0.29) is 11.7 Å². The zero-order valence-electron chi connectivity index (χ0n) is 20.9. The summed E-state index contributed by atoms with van der Waals surface area (Å²) in [5, 5.41) is 3.07. The third-order valence-corrected chi connectivity index (χ3v) is 7.18. The molecule has 1 N–H and O–H groups in total. The van der Waals surface area contributed by atoms with Crippen LogP contribution >= 0.6 is 0 Å². The van der Waals surface area contributed by atoms with Crippen LogP contribution in [0.4, 0.5) is 10.1 Å². The van der Waals surface area contributed by atoms with Crippen molar-refractivity contribution < 1.29 is 13.9 Å². The summed E-state index contributed by atoms with van der Waals surface area (Å²) in [6.45, 7) is 2.95. The highest BCUT2D eigenvalue weighted by atomic mass is 19.1. The lowest BCUT2D eigenvalue weighted by atomic mass is 9.97. The second-order valence-electron chi connectivity index (χ2n) is 9.55. The average molecular weight is 494 g/mol. The third-order valence-electron chi connectivity index (χ3n) is 7.18. The summed E-state index contributed by atoms with van der Waals surface area (Å²) >= 11 is 0. The molecule has 5 nitrogen and oxygen atoms in total. The van der Waals surface area contributed by atoms with Crippen molar-refractivity contribution in [1.29, 1.82) is 0 Å². The van der Waals surface area contributed by atoms with Crippen LogP contribution in [0, 0.1) is 12.7 Å². The minimum absolute atomic E-state index is 0.238. The lowest BCUT2D eigenvalue weighted by Gasteiger charge is -2.12. The molecular weight excluding hydrogens is 465 g/mol. The summed E-state index contributed by atoms with van der Waals surface area (Å²) in [7, 11) is 1.59. The van der Waals surface area contributed by atoms with Crippen LogP contribution in [0.3, 0.4) is 0 Å². The van der Waals surface area contributed by atoms with Gasteiger partial charge in [-0.3, -0.25) is 9.20 Å². The first-order chi connectivity index (χ1) is 18.0. The van der Waals surface area contributed by atoms with E-state index in [0.717, 1.165) is 59.4 Å². The van der Waals surface area contributed by atoms with Gasteiger partial charge in [-0.15, -0.1) is 0 Å². The van der Waals surface area contributed by atoms with E-state index in [1.807, 2.05) is 28.7 Å².